The second-order valence-electron chi connectivity index (χ2n) is 5.20. The zero-order valence-corrected chi connectivity index (χ0v) is 9.35. The lowest BCUT2D eigenvalue weighted by atomic mass is 9.87. The highest BCUT2D eigenvalue weighted by atomic mass is 16.5. The number of ether oxygens (including phenoxy) is 1. The lowest BCUT2D eigenvalue weighted by Gasteiger charge is -2.28. The number of rotatable bonds is 6. The first-order chi connectivity index (χ1) is 6.85. The zero-order chi connectivity index (χ0) is 9.86. The van der Waals surface area contributed by atoms with Crippen molar-refractivity contribution in [2.45, 2.75) is 38.5 Å². The van der Waals surface area contributed by atoms with Gasteiger partial charge >= 0.3 is 0 Å². The van der Waals surface area contributed by atoms with Crippen molar-refractivity contribution in [1.29, 1.82) is 0 Å². The predicted octanol–water partition coefficient (Wildman–Crippen LogP) is 2.19. The molecule has 2 nitrogen and oxygen atoms in total. The van der Waals surface area contributed by atoms with Crippen LogP contribution in [0.5, 0.6) is 0 Å². The summed E-state index contributed by atoms with van der Waals surface area (Å²) in [5.74, 6) is 0.906. The van der Waals surface area contributed by atoms with Crippen LogP contribution in [-0.2, 0) is 4.74 Å². The third-order valence-electron chi connectivity index (χ3n) is 3.67. The van der Waals surface area contributed by atoms with E-state index >= 15 is 0 Å². The summed E-state index contributed by atoms with van der Waals surface area (Å²) in [6.45, 7) is 3.15. The Bertz CT molecular complexity index is 171. The maximum absolute atomic E-state index is 5.86. The van der Waals surface area contributed by atoms with Gasteiger partial charge in [0.25, 0.3) is 0 Å². The minimum atomic E-state index is 0.476. The SMILES string of the molecule is CNCC1(COCC2CC2)CCCC1. The molecular weight excluding hydrogens is 174 g/mol. The van der Waals surface area contributed by atoms with Crippen molar-refractivity contribution in [2.24, 2.45) is 11.3 Å². The molecule has 14 heavy (non-hydrogen) atoms. The lowest BCUT2D eigenvalue weighted by Crippen LogP contribution is -2.34. The van der Waals surface area contributed by atoms with Gasteiger partial charge in [-0.3, -0.25) is 0 Å². The molecule has 2 rings (SSSR count). The molecule has 0 spiro atoms. The molecule has 0 aromatic carbocycles. The van der Waals surface area contributed by atoms with E-state index in [9.17, 15) is 0 Å². The van der Waals surface area contributed by atoms with E-state index in [1.165, 1.54) is 38.5 Å². The molecule has 0 unspecified atom stereocenters. The molecule has 2 saturated carbocycles. The maximum atomic E-state index is 5.86. The molecule has 0 aliphatic heterocycles. The zero-order valence-electron chi connectivity index (χ0n) is 9.35. The Kier molecular flexibility index (Phi) is 3.45. The van der Waals surface area contributed by atoms with Gasteiger partial charge in [-0.05, 0) is 38.6 Å². The van der Waals surface area contributed by atoms with E-state index in [1.54, 1.807) is 0 Å². The average molecular weight is 197 g/mol. The van der Waals surface area contributed by atoms with Crippen LogP contribution in [0.2, 0.25) is 0 Å². The molecule has 0 atom stereocenters. The van der Waals surface area contributed by atoms with Crippen LogP contribution in [0.1, 0.15) is 38.5 Å². The molecular formula is C12H23NO. The summed E-state index contributed by atoms with van der Waals surface area (Å²) in [5.41, 5.74) is 0.476. The summed E-state index contributed by atoms with van der Waals surface area (Å²) in [7, 11) is 2.06. The van der Waals surface area contributed by atoms with Crippen molar-refractivity contribution < 1.29 is 4.74 Å². The van der Waals surface area contributed by atoms with Crippen LogP contribution in [0.15, 0.2) is 0 Å². The second-order valence-corrected chi connectivity index (χ2v) is 5.20. The molecule has 2 aliphatic rings. The van der Waals surface area contributed by atoms with Gasteiger partial charge in [-0.25, -0.2) is 0 Å². The molecule has 0 heterocycles. The number of hydrogen-bond acceptors (Lipinski definition) is 2. The fraction of sp³-hybridized carbons (Fsp3) is 1.00. The summed E-state index contributed by atoms with van der Waals surface area (Å²) in [6.07, 6.45) is 8.32. The van der Waals surface area contributed by atoms with Crippen LogP contribution in [0, 0.1) is 11.3 Å². The average Bonchev–Trinajstić information content (AvgIpc) is 2.87. The molecule has 1 N–H and O–H groups in total. The van der Waals surface area contributed by atoms with Gasteiger partial charge < -0.3 is 10.1 Å². The topological polar surface area (TPSA) is 21.3 Å². The summed E-state index contributed by atoms with van der Waals surface area (Å²) in [6, 6.07) is 0. The maximum Gasteiger partial charge on any atom is 0.0534 e. The van der Waals surface area contributed by atoms with Crippen molar-refractivity contribution in [2.75, 3.05) is 26.8 Å². The first kappa shape index (κ1) is 10.4. The van der Waals surface area contributed by atoms with Crippen molar-refractivity contribution >= 4 is 0 Å². The minimum absolute atomic E-state index is 0.476. The molecule has 0 aromatic rings. The van der Waals surface area contributed by atoms with Crippen LogP contribution >= 0.6 is 0 Å². The molecule has 2 heteroatoms. The van der Waals surface area contributed by atoms with Crippen LogP contribution < -0.4 is 5.32 Å². The molecule has 0 bridgehead atoms. The highest BCUT2D eigenvalue weighted by Gasteiger charge is 2.34. The van der Waals surface area contributed by atoms with Crippen LogP contribution in [0.3, 0.4) is 0 Å². The van der Waals surface area contributed by atoms with Gasteiger partial charge in [0, 0.05) is 18.6 Å². The first-order valence-electron chi connectivity index (χ1n) is 6.07. The standard InChI is InChI=1S/C12H23NO/c1-13-9-12(6-2-3-7-12)10-14-8-11-4-5-11/h11,13H,2-10H2,1H3. The fourth-order valence-corrected chi connectivity index (χ4v) is 2.60. The van der Waals surface area contributed by atoms with Crippen LogP contribution in [0.25, 0.3) is 0 Å². The van der Waals surface area contributed by atoms with Gasteiger partial charge in [-0.15, -0.1) is 0 Å². The van der Waals surface area contributed by atoms with Gasteiger partial charge in [0.1, 0.15) is 0 Å². The number of nitrogens with one attached hydrogen (secondary N) is 1. The van der Waals surface area contributed by atoms with Crippen LogP contribution in [0.4, 0.5) is 0 Å². The normalized spacial score (nSPS) is 25.5. The monoisotopic (exact) mass is 197 g/mol. The number of hydrogen-bond donors (Lipinski definition) is 1. The Morgan fingerprint density at radius 2 is 2.00 bits per heavy atom. The van der Waals surface area contributed by atoms with Gasteiger partial charge in [-0.1, -0.05) is 12.8 Å². The van der Waals surface area contributed by atoms with Crippen LogP contribution in [-0.4, -0.2) is 26.8 Å². The largest absolute Gasteiger partial charge is 0.381 e. The third kappa shape index (κ3) is 2.71. The summed E-state index contributed by atoms with van der Waals surface area (Å²) < 4.78 is 5.86. The van der Waals surface area contributed by atoms with Crippen molar-refractivity contribution in [3.8, 4) is 0 Å². The summed E-state index contributed by atoms with van der Waals surface area (Å²) in [5, 5.41) is 3.32. The van der Waals surface area contributed by atoms with E-state index in [2.05, 4.69) is 12.4 Å². The van der Waals surface area contributed by atoms with E-state index in [4.69, 9.17) is 4.74 Å². The first-order valence-corrected chi connectivity index (χ1v) is 6.07. The second kappa shape index (κ2) is 4.63. The molecule has 0 radical (unpaired) electrons. The predicted molar refractivity (Wildman–Crippen MR) is 58.4 cm³/mol. The Balaban J connectivity index is 1.71. The quantitative estimate of drug-likeness (QED) is 0.705. The van der Waals surface area contributed by atoms with Gasteiger partial charge in [0.15, 0.2) is 0 Å². The Hall–Kier alpha value is -0.0800. The van der Waals surface area contributed by atoms with E-state index in [0.717, 1.165) is 25.7 Å². The van der Waals surface area contributed by atoms with Crippen molar-refractivity contribution in [3.05, 3.63) is 0 Å². The minimum Gasteiger partial charge on any atom is -0.381 e. The highest BCUT2D eigenvalue weighted by Crippen LogP contribution is 2.38. The summed E-state index contributed by atoms with van der Waals surface area (Å²) >= 11 is 0. The summed E-state index contributed by atoms with van der Waals surface area (Å²) in [4.78, 5) is 0. The van der Waals surface area contributed by atoms with E-state index in [1.807, 2.05) is 0 Å². The Labute approximate surface area is 87.4 Å². The van der Waals surface area contributed by atoms with E-state index in [-0.39, 0.29) is 0 Å². The van der Waals surface area contributed by atoms with Gasteiger partial charge in [0.05, 0.1) is 6.61 Å². The smallest absolute Gasteiger partial charge is 0.0534 e. The molecule has 2 aliphatic carbocycles. The molecule has 0 aromatic heterocycles. The molecule has 2 fully saturated rings. The van der Waals surface area contributed by atoms with Crippen molar-refractivity contribution in [3.63, 3.8) is 0 Å². The highest BCUT2D eigenvalue weighted by molar-refractivity contribution is 4.86. The van der Waals surface area contributed by atoms with E-state index < -0.39 is 0 Å². The van der Waals surface area contributed by atoms with Crippen molar-refractivity contribution in [1.82, 2.24) is 5.32 Å². The molecule has 82 valence electrons. The lowest BCUT2D eigenvalue weighted by molar-refractivity contribution is 0.0414. The third-order valence-corrected chi connectivity index (χ3v) is 3.67. The Morgan fingerprint density at radius 3 is 2.57 bits per heavy atom. The Morgan fingerprint density at radius 1 is 1.29 bits per heavy atom. The molecule has 0 saturated heterocycles. The van der Waals surface area contributed by atoms with Gasteiger partial charge in [0.2, 0.25) is 0 Å². The van der Waals surface area contributed by atoms with Gasteiger partial charge in [-0.2, -0.15) is 0 Å². The fourth-order valence-electron chi connectivity index (χ4n) is 2.60. The van der Waals surface area contributed by atoms with E-state index in [0.29, 0.717) is 5.41 Å². The molecule has 0 amide bonds.